The van der Waals surface area contributed by atoms with E-state index in [4.69, 9.17) is 10.5 Å². The SMILES string of the molecule is COc1ccc(CC(N)Cc2ccc(Br)cn2)cc1. The van der Waals surface area contributed by atoms with Crippen molar-refractivity contribution in [3.8, 4) is 5.75 Å². The second-order valence-corrected chi connectivity index (χ2v) is 5.40. The van der Waals surface area contributed by atoms with Crippen LogP contribution in [-0.4, -0.2) is 18.1 Å². The van der Waals surface area contributed by atoms with Gasteiger partial charge in [0.1, 0.15) is 5.75 Å². The van der Waals surface area contributed by atoms with Gasteiger partial charge in [0.05, 0.1) is 7.11 Å². The summed E-state index contributed by atoms with van der Waals surface area (Å²) in [5.74, 6) is 0.867. The number of benzene rings is 1. The van der Waals surface area contributed by atoms with Crippen molar-refractivity contribution in [3.63, 3.8) is 0 Å². The van der Waals surface area contributed by atoms with Gasteiger partial charge in [0.15, 0.2) is 0 Å². The Morgan fingerprint density at radius 2 is 1.89 bits per heavy atom. The number of nitrogens with two attached hydrogens (primary N) is 1. The largest absolute Gasteiger partial charge is 0.497 e. The molecular weight excluding hydrogens is 304 g/mol. The van der Waals surface area contributed by atoms with Crippen LogP contribution in [0.15, 0.2) is 47.1 Å². The number of rotatable bonds is 5. The Morgan fingerprint density at radius 1 is 1.16 bits per heavy atom. The van der Waals surface area contributed by atoms with Crippen LogP contribution in [0.3, 0.4) is 0 Å². The topological polar surface area (TPSA) is 48.1 Å². The predicted octanol–water partition coefficient (Wildman–Crippen LogP) is 2.97. The van der Waals surface area contributed by atoms with Crippen molar-refractivity contribution in [2.75, 3.05) is 7.11 Å². The molecule has 0 aliphatic carbocycles. The molecule has 0 bridgehead atoms. The smallest absolute Gasteiger partial charge is 0.118 e. The average Bonchev–Trinajstić information content (AvgIpc) is 2.42. The molecule has 1 unspecified atom stereocenters. The Bertz CT molecular complexity index is 511. The van der Waals surface area contributed by atoms with E-state index in [9.17, 15) is 0 Å². The van der Waals surface area contributed by atoms with Crippen LogP contribution >= 0.6 is 15.9 Å². The molecule has 1 aromatic heterocycles. The molecule has 0 aliphatic heterocycles. The second-order valence-electron chi connectivity index (χ2n) is 4.48. The molecule has 4 heteroatoms. The first-order valence-corrected chi connectivity index (χ1v) is 6.95. The first-order chi connectivity index (χ1) is 9.17. The summed E-state index contributed by atoms with van der Waals surface area (Å²) < 4.78 is 6.12. The minimum atomic E-state index is 0.0714. The molecule has 1 heterocycles. The van der Waals surface area contributed by atoms with E-state index in [1.165, 1.54) is 5.56 Å². The van der Waals surface area contributed by atoms with Crippen LogP contribution in [0.2, 0.25) is 0 Å². The molecule has 0 radical (unpaired) electrons. The van der Waals surface area contributed by atoms with Gasteiger partial charge in [0, 0.05) is 28.8 Å². The highest BCUT2D eigenvalue weighted by Crippen LogP contribution is 2.14. The van der Waals surface area contributed by atoms with Crippen LogP contribution in [0.1, 0.15) is 11.3 Å². The Kier molecular flexibility index (Phi) is 4.93. The third-order valence-corrected chi connectivity index (χ3v) is 3.39. The Morgan fingerprint density at radius 3 is 2.47 bits per heavy atom. The van der Waals surface area contributed by atoms with Gasteiger partial charge >= 0.3 is 0 Å². The van der Waals surface area contributed by atoms with Crippen LogP contribution in [-0.2, 0) is 12.8 Å². The molecule has 100 valence electrons. The average molecular weight is 321 g/mol. The van der Waals surface area contributed by atoms with Crippen molar-refractivity contribution in [1.82, 2.24) is 4.98 Å². The lowest BCUT2D eigenvalue weighted by atomic mass is 10.0. The van der Waals surface area contributed by atoms with Crippen LogP contribution in [0.4, 0.5) is 0 Å². The van der Waals surface area contributed by atoms with Crippen LogP contribution < -0.4 is 10.5 Å². The normalized spacial score (nSPS) is 12.2. The summed E-state index contributed by atoms with van der Waals surface area (Å²) in [4.78, 5) is 4.34. The van der Waals surface area contributed by atoms with Crippen molar-refractivity contribution in [2.24, 2.45) is 5.73 Å². The highest BCUT2D eigenvalue weighted by molar-refractivity contribution is 9.10. The summed E-state index contributed by atoms with van der Waals surface area (Å²) in [5, 5.41) is 0. The summed E-state index contributed by atoms with van der Waals surface area (Å²) in [6, 6.07) is 12.1. The number of ether oxygens (including phenoxy) is 1. The van der Waals surface area contributed by atoms with Gasteiger partial charge in [-0.15, -0.1) is 0 Å². The molecule has 19 heavy (non-hydrogen) atoms. The molecule has 0 saturated heterocycles. The highest BCUT2D eigenvalue weighted by Gasteiger charge is 2.06. The number of methoxy groups -OCH3 is 1. The zero-order valence-corrected chi connectivity index (χ0v) is 12.4. The van der Waals surface area contributed by atoms with Gasteiger partial charge in [-0.2, -0.15) is 0 Å². The van der Waals surface area contributed by atoms with Gasteiger partial charge in [-0.1, -0.05) is 12.1 Å². The van der Waals surface area contributed by atoms with E-state index in [1.807, 2.05) is 36.4 Å². The van der Waals surface area contributed by atoms with Crippen LogP contribution in [0.25, 0.3) is 0 Å². The van der Waals surface area contributed by atoms with Crippen molar-refractivity contribution in [3.05, 3.63) is 58.3 Å². The fourth-order valence-corrected chi connectivity index (χ4v) is 2.17. The molecule has 3 nitrogen and oxygen atoms in total. The highest BCUT2D eigenvalue weighted by atomic mass is 79.9. The van der Waals surface area contributed by atoms with E-state index in [0.29, 0.717) is 0 Å². The molecular formula is C15H17BrN2O. The number of hydrogen-bond acceptors (Lipinski definition) is 3. The van der Waals surface area contributed by atoms with Crippen LogP contribution in [0, 0.1) is 0 Å². The van der Waals surface area contributed by atoms with Gasteiger partial charge in [0.2, 0.25) is 0 Å². The number of pyridine rings is 1. The van der Waals surface area contributed by atoms with E-state index in [0.717, 1.165) is 28.8 Å². The molecule has 0 amide bonds. The van der Waals surface area contributed by atoms with Crippen molar-refractivity contribution in [1.29, 1.82) is 0 Å². The first-order valence-electron chi connectivity index (χ1n) is 6.16. The van der Waals surface area contributed by atoms with Gasteiger partial charge in [-0.3, -0.25) is 4.98 Å². The van der Waals surface area contributed by atoms with Crippen LogP contribution in [0.5, 0.6) is 5.75 Å². The lowest BCUT2D eigenvalue weighted by Gasteiger charge is -2.11. The molecule has 0 spiro atoms. The summed E-state index contributed by atoms with van der Waals surface area (Å²) in [7, 11) is 1.67. The van der Waals surface area contributed by atoms with Crippen molar-refractivity contribution < 1.29 is 4.74 Å². The zero-order chi connectivity index (χ0) is 13.7. The maximum Gasteiger partial charge on any atom is 0.118 e. The molecule has 2 rings (SSSR count). The number of hydrogen-bond donors (Lipinski definition) is 1. The quantitative estimate of drug-likeness (QED) is 0.921. The molecule has 1 atom stereocenters. The minimum absolute atomic E-state index is 0.0714. The fraction of sp³-hybridized carbons (Fsp3) is 0.267. The monoisotopic (exact) mass is 320 g/mol. The zero-order valence-electron chi connectivity index (χ0n) is 10.8. The Hall–Kier alpha value is -1.39. The van der Waals surface area contributed by atoms with E-state index >= 15 is 0 Å². The molecule has 0 fully saturated rings. The lowest BCUT2D eigenvalue weighted by molar-refractivity contribution is 0.414. The van der Waals surface area contributed by atoms with E-state index in [-0.39, 0.29) is 6.04 Å². The maximum atomic E-state index is 6.16. The third kappa shape index (κ3) is 4.33. The summed E-state index contributed by atoms with van der Waals surface area (Å²) in [6.45, 7) is 0. The predicted molar refractivity (Wildman–Crippen MR) is 80.3 cm³/mol. The van der Waals surface area contributed by atoms with E-state index in [2.05, 4.69) is 20.9 Å². The first kappa shape index (κ1) is 14.0. The van der Waals surface area contributed by atoms with E-state index in [1.54, 1.807) is 13.3 Å². The van der Waals surface area contributed by atoms with Crippen molar-refractivity contribution >= 4 is 15.9 Å². The summed E-state index contributed by atoms with van der Waals surface area (Å²) in [6.07, 6.45) is 3.41. The molecule has 0 aliphatic rings. The molecule has 1 aromatic carbocycles. The molecule has 2 N–H and O–H groups in total. The third-order valence-electron chi connectivity index (χ3n) is 2.92. The number of aromatic nitrogens is 1. The second kappa shape index (κ2) is 6.68. The van der Waals surface area contributed by atoms with Gasteiger partial charge < -0.3 is 10.5 Å². The lowest BCUT2D eigenvalue weighted by Crippen LogP contribution is -2.25. The van der Waals surface area contributed by atoms with Crippen molar-refractivity contribution in [2.45, 2.75) is 18.9 Å². The minimum Gasteiger partial charge on any atom is -0.497 e. The number of nitrogens with zero attached hydrogens (tertiary/aromatic N) is 1. The summed E-state index contributed by atoms with van der Waals surface area (Å²) in [5.41, 5.74) is 8.39. The summed E-state index contributed by atoms with van der Waals surface area (Å²) >= 11 is 3.37. The van der Waals surface area contributed by atoms with Gasteiger partial charge in [-0.25, -0.2) is 0 Å². The Labute approximate surface area is 121 Å². The van der Waals surface area contributed by atoms with E-state index < -0.39 is 0 Å². The molecule has 0 saturated carbocycles. The number of halogens is 1. The standard InChI is InChI=1S/C15H17BrN2O/c1-19-15-6-2-11(3-7-15)8-13(17)9-14-5-4-12(16)10-18-14/h2-7,10,13H,8-9,17H2,1H3. The fourth-order valence-electron chi connectivity index (χ4n) is 1.93. The van der Waals surface area contributed by atoms with Gasteiger partial charge in [-0.05, 0) is 52.2 Å². The Balaban J connectivity index is 1.92. The van der Waals surface area contributed by atoms with Gasteiger partial charge in [0.25, 0.3) is 0 Å². The molecule has 2 aromatic rings. The maximum absolute atomic E-state index is 6.16.